The lowest BCUT2D eigenvalue weighted by atomic mass is 10.3. The Balaban J connectivity index is 1.96. The molecule has 1 aliphatic rings. The molecular weight excluding hydrogens is 385 g/mol. The number of phenols is 1. The van der Waals surface area contributed by atoms with E-state index >= 15 is 0 Å². The summed E-state index contributed by atoms with van der Waals surface area (Å²) in [7, 11) is -5.18. The fourth-order valence-electron chi connectivity index (χ4n) is 2.07. The molecule has 26 heavy (non-hydrogen) atoms. The minimum Gasteiger partial charge on any atom is -0.504 e. The summed E-state index contributed by atoms with van der Waals surface area (Å²) < 4.78 is 97.9. The Labute approximate surface area is 144 Å². The molecule has 0 unspecified atom stereocenters. The van der Waals surface area contributed by atoms with Gasteiger partial charge in [-0.15, -0.1) is 0 Å². The molecule has 1 saturated carbocycles. The van der Waals surface area contributed by atoms with Gasteiger partial charge in [-0.25, -0.2) is 30.4 Å². The van der Waals surface area contributed by atoms with Crippen LogP contribution in [-0.2, 0) is 10.0 Å². The molecule has 0 saturated heterocycles. The van der Waals surface area contributed by atoms with E-state index in [0.717, 1.165) is 25.0 Å². The highest BCUT2D eigenvalue weighted by molar-refractivity contribution is 7.92. The molecule has 3 rings (SSSR count). The second-order valence-corrected chi connectivity index (χ2v) is 7.12. The third-order valence-electron chi connectivity index (χ3n) is 3.47. The third-order valence-corrected chi connectivity index (χ3v) is 4.87. The quantitative estimate of drug-likeness (QED) is 0.462. The summed E-state index contributed by atoms with van der Waals surface area (Å²) in [4.78, 5) is -2.02. The number of phenolic OH excluding ortho intramolecular Hbond substituents is 1. The van der Waals surface area contributed by atoms with E-state index in [1.54, 1.807) is 4.72 Å². The number of hydrogen-bond acceptors (Lipinski definition) is 4. The number of halogens is 5. The summed E-state index contributed by atoms with van der Waals surface area (Å²) in [6.07, 6.45) is 1.54. The predicted octanol–water partition coefficient (Wildman–Crippen LogP) is 3.43. The number of hydrogen-bond donors (Lipinski definition) is 2. The molecule has 1 aliphatic carbocycles. The number of benzene rings is 2. The van der Waals surface area contributed by atoms with E-state index < -0.39 is 49.8 Å². The molecule has 0 heterocycles. The van der Waals surface area contributed by atoms with E-state index in [-0.39, 0.29) is 17.5 Å². The lowest BCUT2D eigenvalue weighted by Gasteiger charge is -2.13. The molecule has 0 aromatic heterocycles. The molecule has 1 fully saturated rings. The Hall–Kier alpha value is -2.56. The number of anilines is 1. The van der Waals surface area contributed by atoms with Crippen molar-refractivity contribution in [2.24, 2.45) is 0 Å². The van der Waals surface area contributed by atoms with Crippen molar-refractivity contribution in [1.82, 2.24) is 0 Å². The summed E-state index contributed by atoms with van der Waals surface area (Å²) in [5.41, 5.74) is -0.366. The van der Waals surface area contributed by atoms with Gasteiger partial charge in [0.1, 0.15) is 0 Å². The Kier molecular flexibility index (Phi) is 4.42. The van der Waals surface area contributed by atoms with Gasteiger partial charge in [0.25, 0.3) is 10.0 Å². The van der Waals surface area contributed by atoms with Crippen molar-refractivity contribution in [2.75, 3.05) is 4.72 Å². The highest BCUT2D eigenvalue weighted by Crippen LogP contribution is 2.35. The maximum atomic E-state index is 13.7. The van der Waals surface area contributed by atoms with Gasteiger partial charge in [-0.1, -0.05) is 0 Å². The summed E-state index contributed by atoms with van der Waals surface area (Å²) in [6, 6.07) is 3.17. The van der Waals surface area contributed by atoms with E-state index in [9.17, 15) is 35.5 Å². The van der Waals surface area contributed by atoms with E-state index in [4.69, 9.17) is 4.74 Å². The summed E-state index contributed by atoms with van der Waals surface area (Å²) in [5.74, 6) is -12.6. The normalized spacial score (nSPS) is 14.3. The largest absolute Gasteiger partial charge is 0.504 e. The lowest BCUT2D eigenvalue weighted by molar-refractivity contribution is 0.286. The van der Waals surface area contributed by atoms with Gasteiger partial charge in [0.15, 0.2) is 39.7 Å². The fraction of sp³-hybridized carbons (Fsp3) is 0.200. The van der Waals surface area contributed by atoms with Crippen molar-refractivity contribution in [3.05, 3.63) is 47.3 Å². The van der Waals surface area contributed by atoms with E-state index in [1.165, 1.54) is 6.07 Å². The second kappa shape index (κ2) is 6.31. The van der Waals surface area contributed by atoms with Gasteiger partial charge in [-0.2, -0.15) is 0 Å². The van der Waals surface area contributed by atoms with Crippen LogP contribution in [0, 0.1) is 29.1 Å². The summed E-state index contributed by atoms with van der Waals surface area (Å²) in [6.45, 7) is 0. The number of ether oxygens (including phenoxy) is 1. The molecule has 0 aliphatic heterocycles. The van der Waals surface area contributed by atoms with E-state index in [2.05, 4.69) is 0 Å². The maximum absolute atomic E-state index is 13.7. The third kappa shape index (κ3) is 3.26. The number of aromatic hydroxyl groups is 1. The number of sulfonamides is 1. The van der Waals surface area contributed by atoms with Crippen molar-refractivity contribution in [2.45, 2.75) is 23.8 Å². The van der Waals surface area contributed by atoms with Gasteiger partial charge in [-0.3, -0.25) is 4.72 Å². The lowest BCUT2D eigenvalue weighted by Crippen LogP contribution is -2.19. The van der Waals surface area contributed by atoms with Crippen LogP contribution in [-0.4, -0.2) is 19.6 Å². The molecule has 140 valence electrons. The molecule has 2 N–H and O–H groups in total. The average molecular weight is 395 g/mol. The van der Waals surface area contributed by atoms with Crippen molar-refractivity contribution < 1.29 is 40.2 Å². The standard InChI is InChI=1S/C15H10F5NO4S/c16-10-11(17)13(19)15(14(20)12(10)18)26(23,24)21-6-1-4-9(8(22)5-6)25-7-2-3-7/h1,4-5,7,21-22H,2-3H2. The van der Waals surface area contributed by atoms with Crippen LogP contribution in [0.4, 0.5) is 27.6 Å². The van der Waals surface area contributed by atoms with Gasteiger partial charge >= 0.3 is 0 Å². The molecule has 0 bridgehead atoms. The van der Waals surface area contributed by atoms with Crippen LogP contribution in [0.25, 0.3) is 0 Å². The van der Waals surface area contributed by atoms with Crippen LogP contribution in [0.15, 0.2) is 23.1 Å². The molecule has 2 aromatic carbocycles. The van der Waals surface area contributed by atoms with Gasteiger partial charge < -0.3 is 9.84 Å². The van der Waals surface area contributed by atoms with E-state index in [1.807, 2.05) is 0 Å². The van der Waals surface area contributed by atoms with Crippen LogP contribution in [0.1, 0.15) is 12.8 Å². The minimum atomic E-state index is -5.18. The molecule has 5 nitrogen and oxygen atoms in total. The Morgan fingerprint density at radius 1 is 0.962 bits per heavy atom. The first-order valence-corrected chi connectivity index (χ1v) is 8.64. The Bertz CT molecular complexity index is 963. The van der Waals surface area contributed by atoms with Crippen molar-refractivity contribution >= 4 is 15.7 Å². The monoisotopic (exact) mass is 395 g/mol. The number of nitrogens with one attached hydrogen (secondary N) is 1. The van der Waals surface area contributed by atoms with Crippen molar-refractivity contribution in [3.63, 3.8) is 0 Å². The Morgan fingerprint density at radius 3 is 2.00 bits per heavy atom. The van der Waals surface area contributed by atoms with Crippen LogP contribution in [0.5, 0.6) is 11.5 Å². The zero-order valence-corrected chi connectivity index (χ0v) is 13.5. The first-order valence-electron chi connectivity index (χ1n) is 7.15. The Morgan fingerprint density at radius 2 is 1.50 bits per heavy atom. The van der Waals surface area contributed by atoms with Crippen LogP contribution in [0.3, 0.4) is 0 Å². The van der Waals surface area contributed by atoms with Gasteiger partial charge in [-0.05, 0) is 25.0 Å². The molecule has 0 radical (unpaired) electrons. The maximum Gasteiger partial charge on any atom is 0.267 e. The molecule has 11 heteroatoms. The minimum absolute atomic E-state index is 0.0585. The molecule has 0 spiro atoms. The van der Waals surface area contributed by atoms with Gasteiger partial charge in [0.05, 0.1) is 11.8 Å². The predicted molar refractivity (Wildman–Crippen MR) is 78.8 cm³/mol. The second-order valence-electron chi connectivity index (χ2n) is 5.50. The molecular formula is C15H10F5NO4S. The summed E-state index contributed by atoms with van der Waals surface area (Å²) >= 11 is 0. The molecule has 0 atom stereocenters. The number of rotatable bonds is 5. The van der Waals surface area contributed by atoms with E-state index in [0.29, 0.717) is 0 Å². The molecule has 2 aromatic rings. The van der Waals surface area contributed by atoms with Crippen molar-refractivity contribution in [3.8, 4) is 11.5 Å². The smallest absolute Gasteiger partial charge is 0.267 e. The van der Waals surface area contributed by atoms with Crippen LogP contribution < -0.4 is 9.46 Å². The SMILES string of the molecule is O=S(=O)(Nc1ccc(OC2CC2)c(O)c1)c1c(F)c(F)c(F)c(F)c1F. The highest BCUT2D eigenvalue weighted by Gasteiger charge is 2.33. The fourth-order valence-corrected chi connectivity index (χ4v) is 3.26. The van der Waals surface area contributed by atoms with Crippen LogP contribution >= 0.6 is 0 Å². The van der Waals surface area contributed by atoms with Gasteiger partial charge in [0, 0.05) is 6.07 Å². The average Bonchev–Trinajstić information content (AvgIpc) is 3.37. The first kappa shape index (κ1) is 18.2. The highest BCUT2D eigenvalue weighted by atomic mass is 32.2. The molecule has 0 amide bonds. The van der Waals surface area contributed by atoms with Crippen LogP contribution in [0.2, 0.25) is 0 Å². The topological polar surface area (TPSA) is 75.6 Å². The zero-order chi connectivity index (χ0) is 19.2. The van der Waals surface area contributed by atoms with Gasteiger partial charge in [0.2, 0.25) is 5.82 Å². The zero-order valence-electron chi connectivity index (χ0n) is 12.7. The van der Waals surface area contributed by atoms with Crippen molar-refractivity contribution in [1.29, 1.82) is 0 Å². The first-order chi connectivity index (χ1) is 12.1. The summed E-state index contributed by atoms with van der Waals surface area (Å²) in [5, 5.41) is 9.79.